The van der Waals surface area contributed by atoms with Gasteiger partial charge in [-0.05, 0) is 37.3 Å². The number of aromatic nitrogens is 1. The molecule has 0 bridgehead atoms. The van der Waals surface area contributed by atoms with Crippen molar-refractivity contribution in [1.29, 1.82) is 0 Å². The maximum absolute atomic E-state index is 13.0. The summed E-state index contributed by atoms with van der Waals surface area (Å²) < 4.78 is 27.3. The molecule has 1 amide bonds. The molecule has 0 aromatic carbocycles. The Morgan fingerprint density at radius 1 is 1.27 bits per heavy atom. The van der Waals surface area contributed by atoms with Crippen molar-refractivity contribution in [3.8, 4) is 0 Å². The molecule has 1 aromatic heterocycles. The number of hydrogen-bond acceptors (Lipinski definition) is 4. The molecule has 0 N–H and O–H groups in total. The molecule has 6 nitrogen and oxygen atoms in total. The second-order valence-electron chi connectivity index (χ2n) is 7.32. The van der Waals surface area contributed by atoms with Crippen LogP contribution in [0.3, 0.4) is 0 Å². The molecule has 2 fully saturated rings. The minimum absolute atomic E-state index is 0.0920. The summed E-state index contributed by atoms with van der Waals surface area (Å²) in [6, 6.07) is 3.43. The summed E-state index contributed by atoms with van der Waals surface area (Å²) >= 11 is 5.78. The van der Waals surface area contributed by atoms with Crippen molar-refractivity contribution in [2.24, 2.45) is 5.92 Å². The Morgan fingerprint density at radius 2 is 2.00 bits per heavy atom. The van der Waals surface area contributed by atoms with Gasteiger partial charge in [0, 0.05) is 38.8 Å². The lowest BCUT2D eigenvalue weighted by Crippen LogP contribution is -2.49. The van der Waals surface area contributed by atoms with Crippen LogP contribution in [0.15, 0.2) is 18.3 Å². The predicted molar refractivity (Wildman–Crippen MR) is 101 cm³/mol. The highest BCUT2D eigenvalue weighted by Gasteiger charge is 2.37. The topological polar surface area (TPSA) is 70.6 Å². The molecule has 1 saturated carbocycles. The minimum Gasteiger partial charge on any atom is -0.341 e. The number of piperidine rings is 1. The summed E-state index contributed by atoms with van der Waals surface area (Å²) in [4.78, 5) is 18.4. The average molecular weight is 400 g/mol. The van der Waals surface area contributed by atoms with E-state index in [1.165, 1.54) is 4.31 Å². The number of rotatable bonds is 5. The zero-order valence-corrected chi connectivity index (χ0v) is 16.7. The van der Waals surface area contributed by atoms with Crippen LogP contribution < -0.4 is 0 Å². The number of hydrogen-bond donors (Lipinski definition) is 0. The first-order valence-corrected chi connectivity index (χ1v) is 11.1. The van der Waals surface area contributed by atoms with Crippen LogP contribution >= 0.6 is 11.6 Å². The molecule has 1 saturated heterocycles. The van der Waals surface area contributed by atoms with Crippen LogP contribution in [0.4, 0.5) is 0 Å². The lowest BCUT2D eigenvalue weighted by atomic mass is 10.0. The van der Waals surface area contributed by atoms with Crippen molar-refractivity contribution in [1.82, 2.24) is 14.2 Å². The standard InChI is InChI=1S/C18H26ClN3O3S/c1-21(12-14-8-9-17(19)20-11-14)26(24,25)16-7-4-10-22(13-16)18(23)15-5-2-3-6-15/h8-9,11,15-16H,2-7,10,12-13H2,1H3/t16-/m1/s1. The van der Waals surface area contributed by atoms with Gasteiger partial charge in [-0.15, -0.1) is 0 Å². The summed E-state index contributed by atoms with van der Waals surface area (Å²) in [5.74, 6) is 0.237. The summed E-state index contributed by atoms with van der Waals surface area (Å²) in [7, 11) is -1.90. The first-order valence-electron chi connectivity index (χ1n) is 9.22. The van der Waals surface area contributed by atoms with E-state index >= 15 is 0 Å². The van der Waals surface area contributed by atoms with Gasteiger partial charge in [0.15, 0.2) is 0 Å². The van der Waals surface area contributed by atoms with E-state index in [9.17, 15) is 13.2 Å². The van der Waals surface area contributed by atoms with Gasteiger partial charge in [-0.1, -0.05) is 30.5 Å². The highest BCUT2D eigenvalue weighted by atomic mass is 35.5. The Morgan fingerprint density at radius 3 is 2.65 bits per heavy atom. The van der Waals surface area contributed by atoms with Crippen molar-refractivity contribution in [3.63, 3.8) is 0 Å². The van der Waals surface area contributed by atoms with Crippen LogP contribution in [-0.2, 0) is 21.4 Å². The lowest BCUT2D eigenvalue weighted by molar-refractivity contribution is -0.136. The highest BCUT2D eigenvalue weighted by molar-refractivity contribution is 7.89. The van der Waals surface area contributed by atoms with Crippen LogP contribution in [0.5, 0.6) is 0 Å². The third-order valence-corrected chi connectivity index (χ3v) is 7.89. The molecule has 1 aromatic rings. The molecule has 8 heteroatoms. The average Bonchev–Trinajstić information content (AvgIpc) is 3.17. The Balaban J connectivity index is 1.65. The first-order chi connectivity index (χ1) is 12.4. The van der Waals surface area contributed by atoms with Crippen LogP contribution in [0.25, 0.3) is 0 Å². The van der Waals surface area contributed by atoms with Crippen molar-refractivity contribution in [3.05, 3.63) is 29.0 Å². The normalized spacial score (nSPS) is 22.1. The van der Waals surface area contributed by atoms with Crippen LogP contribution in [-0.4, -0.2) is 53.9 Å². The summed E-state index contributed by atoms with van der Waals surface area (Å²) in [6.45, 7) is 1.23. The SMILES string of the molecule is CN(Cc1ccc(Cl)nc1)S(=O)(=O)[C@@H]1CCCN(C(=O)C2CCCC2)C1. The van der Waals surface area contributed by atoms with Crippen molar-refractivity contribution >= 4 is 27.5 Å². The molecule has 0 spiro atoms. The second kappa shape index (κ2) is 8.23. The van der Waals surface area contributed by atoms with Gasteiger partial charge in [-0.3, -0.25) is 4.79 Å². The number of pyridine rings is 1. The van der Waals surface area contributed by atoms with Crippen molar-refractivity contribution in [2.75, 3.05) is 20.1 Å². The van der Waals surface area contributed by atoms with Gasteiger partial charge in [0.1, 0.15) is 5.15 Å². The van der Waals surface area contributed by atoms with Gasteiger partial charge in [-0.25, -0.2) is 17.7 Å². The third kappa shape index (κ3) is 4.38. The molecule has 26 heavy (non-hydrogen) atoms. The first kappa shape index (κ1) is 19.6. The molecular weight excluding hydrogens is 374 g/mol. The minimum atomic E-state index is -3.48. The Bertz CT molecular complexity index is 733. The molecule has 0 radical (unpaired) electrons. The Labute approximate surface area is 160 Å². The third-order valence-electron chi connectivity index (χ3n) is 5.44. The second-order valence-corrected chi connectivity index (χ2v) is 10.0. The van der Waals surface area contributed by atoms with E-state index in [1.807, 2.05) is 0 Å². The number of carbonyl (C=O) groups is 1. The van der Waals surface area contributed by atoms with E-state index in [0.29, 0.717) is 24.7 Å². The van der Waals surface area contributed by atoms with Gasteiger partial charge in [0.2, 0.25) is 15.9 Å². The fourth-order valence-corrected chi connectivity index (χ4v) is 5.70. The number of sulfonamides is 1. The zero-order chi connectivity index (χ0) is 18.7. The lowest BCUT2D eigenvalue weighted by Gasteiger charge is -2.35. The van der Waals surface area contributed by atoms with Gasteiger partial charge >= 0.3 is 0 Å². The molecule has 0 unspecified atom stereocenters. The van der Waals surface area contributed by atoms with E-state index in [2.05, 4.69) is 4.98 Å². The Kier molecular flexibility index (Phi) is 6.20. The quantitative estimate of drug-likeness (QED) is 0.713. The maximum atomic E-state index is 13.0. The Hall–Kier alpha value is -1.18. The highest BCUT2D eigenvalue weighted by Crippen LogP contribution is 2.29. The van der Waals surface area contributed by atoms with Gasteiger partial charge < -0.3 is 4.90 Å². The van der Waals surface area contributed by atoms with E-state index in [0.717, 1.165) is 37.7 Å². The van der Waals surface area contributed by atoms with E-state index in [-0.39, 0.29) is 18.4 Å². The van der Waals surface area contributed by atoms with Crippen LogP contribution in [0.2, 0.25) is 5.15 Å². The predicted octanol–water partition coefficient (Wildman–Crippen LogP) is 2.68. The molecule has 1 aliphatic carbocycles. The van der Waals surface area contributed by atoms with Crippen LogP contribution in [0.1, 0.15) is 44.1 Å². The fourth-order valence-electron chi connectivity index (χ4n) is 3.91. The zero-order valence-electron chi connectivity index (χ0n) is 15.1. The molecule has 1 atom stereocenters. The molecule has 2 heterocycles. The largest absolute Gasteiger partial charge is 0.341 e. The fraction of sp³-hybridized carbons (Fsp3) is 0.667. The number of amides is 1. The van der Waals surface area contributed by atoms with Gasteiger partial charge in [0.05, 0.1) is 5.25 Å². The van der Waals surface area contributed by atoms with Crippen LogP contribution in [0, 0.1) is 5.92 Å². The van der Waals surface area contributed by atoms with Gasteiger partial charge in [0.25, 0.3) is 0 Å². The number of carbonyl (C=O) groups excluding carboxylic acids is 1. The van der Waals surface area contributed by atoms with E-state index < -0.39 is 15.3 Å². The van der Waals surface area contributed by atoms with Crippen molar-refractivity contribution < 1.29 is 13.2 Å². The monoisotopic (exact) mass is 399 g/mol. The molecule has 2 aliphatic rings. The summed E-state index contributed by atoms with van der Waals surface area (Å²) in [6.07, 6.45) is 7.00. The van der Waals surface area contributed by atoms with Crippen molar-refractivity contribution in [2.45, 2.75) is 50.3 Å². The number of likely N-dealkylation sites (tertiary alicyclic amines) is 1. The number of nitrogens with zero attached hydrogens (tertiary/aromatic N) is 3. The van der Waals surface area contributed by atoms with Gasteiger partial charge in [-0.2, -0.15) is 0 Å². The summed E-state index contributed by atoms with van der Waals surface area (Å²) in [5.41, 5.74) is 0.787. The van der Waals surface area contributed by atoms with E-state index in [4.69, 9.17) is 11.6 Å². The molecule has 1 aliphatic heterocycles. The smallest absolute Gasteiger partial charge is 0.225 e. The molecular formula is C18H26ClN3O3S. The molecule has 144 valence electrons. The van der Waals surface area contributed by atoms with E-state index in [1.54, 1.807) is 30.3 Å². The summed E-state index contributed by atoms with van der Waals surface area (Å²) in [5, 5.41) is -0.153. The number of halogens is 1. The maximum Gasteiger partial charge on any atom is 0.225 e. The molecule has 3 rings (SSSR count).